The van der Waals surface area contributed by atoms with Crippen molar-refractivity contribution in [2.75, 3.05) is 20.8 Å². The third kappa shape index (κ3) is 2.40. The van der Waals surface area contributed by atoms with Crippen LogP contribution < -0.4 is 15.2 Å². The second-order valence-electron chi connectivity index (χ2n) is 2.93. The molecule has 3 heteroatoms. The molecule has 0 heterocycles. The molecule has 0 unspecified atom stereocenters. The Morgan fingerprint density at radius 1 is 1.40 bits per heavy atom. The maximum absolute atomic E-state index is 5.58. The average Bonchev–Trinajstić information content (AvgIpc) is 2.31. The molecule has 0 aliphatic carbocycles. The van der Waals surface area contributed by atoms with E-state index < -0.39 is 0 Å². The molecule has 3 nitrogen and oxygen atoms in total. The number of hydrogen-bond acceptors (Lipinski definition) is 3. The van der Waals surface area contributed by atoms with Gasteiger partial charge in [0.15, 0.2) is 0 Å². The van der Waals surface area contributed by atoms with E-state index in [-0.39, 0.29) is 0 Å². The molecule has 15 heavy (non-hydrogen) atoms. The van der Waals surface area contributed by atoms with E-state index in [2.05, 4.69) is 12.3 Å². The van der Waals surface area contributed by atoms with E-state index in [9.17, 15) is 0 Å². The lowest BCUT2D eigenvalue weighted by molar-refractivity contribution is 0.393. The van der Waals surface area contributed by atoms with Crippen LogP contribution in [0.25, 0.3) is 5.57 Å². The molecule has 0 aliphatic rings. The number of rotatable bonds is 4. The highest BCUT2D eigenvalue weighted by Gasteiger charge is 2.07. The second-order valence-corrected chi connectivity index (χ2v) is 2.93. The Kier molecular flexibility index (Phi) is 3.98. The SMILES string of the molecule is C=C=C(CN)c1ccc(OC)cc1OC. The summed E-state index contributed by atoms with van der Waals surface area (Å²) in [5.41, 5.74) is 10.1. The van der Waals surface area contributed by atoms with Crippen molar-refractivity contribution in [3.05, 3.63) is 36.1 Å². The Morgan fingerprint density at radius 2 is 2.13 bits per heavy atom. The van der Waals surface area contributed by atoms with E-state index in [1.807, 2.05) is 18.2 Å². The van der Waals surface area contributed by atoms with Crippen molar-refractivity contribution < 1.29 is 9.47 Å². The monoisotopic (exact) mass is 205 g/mol. The first-order chi connectivity index (χ1) is 7.26. The summed E-state index contributed by atoms with van der Waals surface area (Å²) in [7, 11) is 3.22. The standard InChI is InChI=1S/C12H15NO2/c1-4-9(8-13)11-6-5-10(14-2)7-12(11)15-3/h5-7H,1,8,13H2,2-3H3. The molecule has 0 atom stereocenters. The molecule has 0 amide bonds. The van der Waals surface area contributed by atoms with Crippen LogP contribution in [0.4, 0.5) is 0 Å². The minimum atomic E-state index is 0.381. The Balaban J connectivity index is 3.24. The van der Waals surface area contributed by atoms with E-state index in [1.165, 1.54) is 0 Å². The second kappa shape index (κ2) is 5.25. The lowest BCUT2D eigenvalue weighted by atomic mass is 10.1. The highest BCUT2D eigenvalue weighted by molar-refractivity contribution is 5.71. The Labute approximate surface area is 89.8 Å². The molecule has 80 valence electrons. The first-order valence-corrected chi connectivity index (χ1v) is 4.58. The maximum atomic E-state index is 5.58. The van der Waals surface area contributed by atoms with Crippen LogP contribution in [0.15, 0.2) is 30.5 Å². The number of methoxy groups -OCH3 is 2. The molecule has 0 fully saturated rings. The minimum Gasteiger partial charge on any atom is -0.497 e. The summed E-state index contributed by atoms with van der Waals surface area (Å²) in [5.74, 6) is 1.46. The van der Waals surface area contributed by atoms with Gasteiger partial charge in [-0.25, -0.2) is 0 Å². The van der Waals surface area contributed by atoms with Gasteiger partial charge in [0.25, 0.3) is 0 Å². The maximum Gasteiger partial charge on any atom is 0.130 e. The topological polar surface area (TPSA) is 44.5 Å². The molecule has 0 spiro atoms. The van der Waals surface area contributed by atoms with Crippen LogP contribution in [0, 0.1) is 0 Å². The molecule has 0 saturated heterocycles. The number of benzene rings is 1. The van der Waals surface area contributed by atoms with Gasteiger partial charge in [-0.05, 0) is 12.1 Å². The van der Waals surface area contributed by atoms with Crippen LogP contribution >= 0.6 is 0 Å². The van der Waals surface area contributed by atoms with Gasteiger partial charge in [0.2, 0.25) is 0 Å². The van der Waals surface area contributed by atoms with E-state index in [0.29, 0.717) is 12.3 Å². The van der Waals surface area contributed by atoms with Gasteiger partial charge in [-0.3, -0.25) is 0 Å². The average molecular weight is 205 g/mol. The number of ether oxygens (including phenoxy) is 2. The molecule has 1 aromatic rings. The predicted molar refractivity (Wildman–Crippen MR) is 61.1 cm³/mol. The van der Waals surface area contributed by atoms with E-state index >= 15 is 0 Å². The zero-order valence-corrected chi connectivity index (χ0v) is 9.04. The quantitative estimate of drug-likeness (QED) is 0.763. The van der Waals surface area contributed by atoms with Gasteiger partial charge in [-0.2, -0.15) is 0 Å². The zero-order valence-electron chi connectivity index (χ0n) is 9.04. The molecule has 2 N–H and O–H groups in total. The fourth-order valence-electron chi connectivity index (χ4n) is 1.33. The first kappa shape index (κ1) is 11.4. The summed E-state index contributed by atoms with van der Waals surface area (Å²) in [5, 5.41) is 0. The summed E-state index contributed by atoms with van der Waals surface area (Å²) in [6.45, 7) is 3.98. The third-order valence-electron chi connectivity index (χ3n) is 2.15. The van der Waals surface area contributed by atoms with Gasteiger partial charge in [0.1, 0.15) is 11.5 Å². The molecule has 1 aromatic carbocycles. The fraction of sp³-hybridized carbons (Fsp3) is 0.250. The first-order valence-electron chi connectivity index (χ1n) is 4.58. The van der Waals surface area contributed by atoms with Crippen molar-refractivity contribution in [1.82, 2.24) is 0 Å². The van der Waals surface area contributed by atoms with E-state index in [4.69, 9.17) is 15.2 Å². The lowest BCUT2D eigenvalue weighted by Crippen LogP contribution is -2.03. The van der Waals surface area contributed by atoms with Crippen LogP contribution in [0.1, 0.15) is 5.56 Å². The van der Waals surface area contributed by atoms with Gasteiger partial charge < -0.3 is 15.2 Å². The summed E-state index contributed by atoms with van der Waals surface area (Å²) >= 11 is 0. The number of hydrogen-bond donors (Lipinski definition) is 1. The minimum absolute atomic E-state index is 0.381. The van der Waals surface area contributed by atoms with Crippen LogP contribution in [0.5, 0.6) is 11.5 Å². The van der Waals surface area contributed by atoms with Crippen molar-refractivity contribution in [2.24, 2.45) is 5.73 Å². The summed E-state index contributed by atoms with van der Waals surface area (Å²) in [6.07, 6.45) is 0. The summed E-state index contributed by atoms with van der Waals surface area (Å²) < 4.78 is 10.4. The largest absolute Gasteiger partial charge is 0.497 e. The van der Waals surface area contributed by atoms with Crippen LogP contribution in [-0.4, -0.2) is 20.8 Å². The van der Waals surface area contributed by atoms with Gasteiger partial charge in [-0.1, -0.05) is 6.58 Å². The van der Waals surface area contributed by atoms with Crippen LogP contribution in [0.3, 0.4) is 0 Å². The van der Waals surface area contributed by atoms with E-state index in [0.717, 1.165) is 16.9 Å². The van der Waals surface area contributed by atoms with Crippen LogP contribution in [-0.2, 0) is 0 Å². The predicted octanol–water partition coefficient (Wildman–Crippen LogP) is 1.83. The molecule has 0 aliphatic heterocycles. The van der Waals surface area contributed by atoms with Crippen molar-refractivity contribution in [3.63, 3.8) is 0 Å². The summed E-state index contributed by atoms with van der Waals surface area (Å²) in [6, 6.07) is 5.55. The normalized spacial score (nSPS) is 9.27. The Hall–Kier alpha value is -1.70. The van der Waals surface area contributed by atoms with Crippen molar-refractivity contribution in [3.8, 4) is 11.5 Å². The molecule has 0 bridgehead atoms. The number of nitrogens with two attached hydrogens (primary N) is 1. The molecular formula is C12H15NO2. The highest BCUT2D eigenvalue weighted by Crippen LogP contribution is 2.28. The van der Waals surface area contributed by atoms with Crippen molar-refractivity contribution in [1.29, 1.82) is 0 Å². The van der Waals surface area contributed by atoms with Crippen molar-refractivity contribution >= 4 is 5.57 Å². The summed E-state index contributed by atoms with van der Waals surface area (Å²) in [4.78, 5) is 0. The van der Waals surface area contributed by atoms with Gasteiger partial charge in [0, 0.05) is 23.7 Å². The molecule has 0 aromatic heterocycles. The third-order valence-corrected chi connectivity index (χ3v) is 2.15. The van der Waals surface area contributed by atoms with Gasteiger partial charge in [-0.15, -0.1) is 5.73 Å². The zero-order chi connectivity index (χ0) is 11.3. The van der Waals surface area contributed by atoms with Crippen molar-refractivity contribution in [2.45, 2.75) is 0 Å². The molecule has 1 rings (SSSR count). The molecule has 0 saturated carbocycles. The lowest BCUT2D eigenvalue weighted by Gasteiger charge is -2.10. The Morgan fingerprint density at radius 3 is 2.60 bits per heavy atom. The fourth-order valence-corrected chi connectivity index (χ4v) is 1.33. The Bertz CT molecular complexity index is 393. The molecular weight excluding hydrogens is 190 g/mol. The smallest absolute Gasteiger partial charge is 0.130 e. The molecule has 0 radical (unpaired) electrons. The van der Waals surface area contributed by atoms with Gasteiger partial charge >= 0.3 is 0 Å². The van der Waals surface area contributed by atoms with E-state index in [1.54, 1.807) is 14.2 Å². The highest BCUT2D eigenvalue weighted by atomic mass is 16.5. The van der Waals surface area contributed by atoms with Gasteiger partial charge in [0.05, 0.1) is 14.2 Å². The van der Waals surface area contributed by atoms with Crippen LogP contribution in [0.2, 0.25) is 0 Å².